The molecule has 0 radical (unpaired) electrons. The van der Waals surface area contributed by atoms with Gasteiger partial charge in [-0.25, -0.2) is 4.98 Å². The fourth-order valence-electron chi connectivity index (χ4n) is 2.58. The van der Waals surface area contributed by atoms with E-state index >= 15 is 0 Å². The summed E-state index contributed by atoms with van der Waals surface area (Å²) < 4.78 is 0.723. The van der Waals surface area contributed by atoms with Crippen molar-refractivity contribution in [3.63, 3.8) is 0 Å². The molecule has 2 rings (SSSR count). The first-order valence-corrected chi connectivity index (χ1v) is 7.55. The summed E-state index contributed by atoms with van der Waals surface area (Å²) in [4.78, 5) is 27.8. The summed E-state index contributed by atoms with van der Waals surface area (Å²) in [6.45, 7) is 1.44. The summed E-state index contributed by atoms with van der Waals surface area (Å²) >= 11 is 3.34. The summed E-state index contributed by atoms with van der Waals surface area (Å²) in [5, 5.41) is 5.55. The monoisotopic (exact) mass is 339 g/mol. The second kappa shape index (κ2) is 6.83. The maximum atomic E-state index is 12.4. The van der Waals surface area contributed by atoms with Crippen molar-refractivity contribution in [1.82, 2.24) is 10.3 Å². The van der Waals surface area contributed by atoms with E-state index in [1.54, 1.807) is 12.3 Å². The first-order chi connectivity index (χ1) is 9.58. The Balaban J connectivity index is 2.09. The number of rotatable bonds is 4. The standard InChI is InChI=1S/C14H18BrN3O2/c1-9(19)17-12(10-5-2-3-6-10)14(20)18-13-11(15)7-4-8-16-13/h4,7-8,10,12H,2-3,5-6H2,1H3,(H,17,19)(H,16,18,20)/t12-/m1/s1. The molecule has 20 heavy (non-hydrogen) atoms. The normalized spacial score (nSPS) is 16.7. The number of nitrogens with one attached hydrogen (secondary N) is 2. The number of amides is 2. The topological polar surface area (TPSA) is 71.1 Å². The Bertz CT molecular complexity index is 501. The number of pyridine rings is 1. The Kier molecular flexibility index (Phi) is 5.11. The summed E-state index contributed by atoms with van der Waals surface area (Å²) in [6.07, 6.45) is 5.79. The van der Waals surface area contributed by atoms with Crippen LogP contribution in [0, 0.1) is 5.92 Å². The molecule has 0 saturated heterocycles. The van der Waals surface area contributed by atoms with Crippen LogP contribution in [0.25, 0.3) is 0 Å². The number of aromatic nitrogens is 1. The summed E-state index contributed by atoms with van der Waals surface area (Å²) in [5.41, 5.74) is 0. The van der Waals surface area contributed by atoms with Crippen LogP contribution in [0.4, 0.5) is 5.82 Å². The molecule has 1 heterocycles. The van der Waals surface area contributed by atoms with Crippen molar-refractivity contribution in [3.05, 3.63) is 22.8 Å². The zero-order valence-corrected chi connectivity index (χ0v) is 12.9. The summed E-state index contributed by atoms with van der Waals surface area (Å²) in [5.74, 6) is 0.302. The van der Waals surface area contributed by atoms with Crippen molar-refractivity contribution < 1.29 is 9.59 Å². The molecule has 5 nitrogen and oxygen atoms in total. The van der Waals surface area contributed by atoms with Crippen molar-refractivity contribution >= 4 is 33.6 Å². The number of hydrogen-bond acceptors (Lipinski definition) is 3. The Morgan fingerprint density at radius 3 is 2.70 bits per heavy atom. The van der Waals surface area contributed by atoms with Crippen molar-refractivity contribution in [2.24, 2.45) is 5.92 Å². The zero-order valence-electron chi connectivity index (χ0n) is 11.4. The van der Waals surface area contributed by atoms with Crippen molar-refractivity contribution in [2.75, 3.05) is 5.32 Å². The van der Waals surface area contributed by atoms with Gasteiger partial charge in [-0.3, -0.25) is 9.59 Å². The van der Waals surface area contributed by atoms with E-state index in [9.17, 15) is 9.59 Å². The predicted molar refractivity (Wildman–Crippen MR) is 80.1 cm³/mol. The van der Waals surface area contributed by atoms with E-state index in [1.165, 1.54) is 6.92 Å². The highest BCUT2D eigenvalue weighted by Crippen LogP contribution is 2.28. The van der Waals surface area contributed by atoms with Crippen molar-refractivity contribution in [3.8, 4) is 0 Å². The molecule has 1 aromatic rings. The predicted octanol–water partition coefficient (Wildman–Crippen LogP) is 2.48. The second-order valence-electron chi connectivity index (χ2n) is 5.05. The Morgan fingerprint density at radius 1 is 1.40 bits per heavy atom. The number of anilines is 1. The fraction of sp³-hybridized carbons (Fsp3) is 0.500. The summed E-state index contributed by atoms with van der Waals surface area (Å²) in [7, 11) is 0. The van der Waals surface area contributed by atoms with Gasteiger partial charge in [-0.2, -0.15) is 0 Å². The van der Waals surface area contributed by atoms with Gasteiger partial charge in [0.2, 0.25) is 11.8 Å². The lowest BCUT2D eigenvalue weighted by atomic mass is 9.97. The number of halogens is 1. The van der Waals surface area contributed by atoms with Gasteiger partial charge in [0.15, 0.2) is 0 Å². The minimum atomic E-state index is -0.482. The molecule has 1 aromatic heterocycles. The van der Waals surface area contributed by atoms with E-state index in [1.807, 2.05) is 6.07 Å². The minimum Gasteiger partial charge on any atom is -0.344 e. The Hall–Kier alpha value is -1.43. The lowest BCUT2D eigenvalue weighted by Crippen LogP contribution is -2.47. The van der Waals surface area contributed by atoms with Crippen LogP contribution in [-0.2, 0) is 9.59 Å². The molecule has 1 atom stereocenters. The molecule has 0 aromatic carbocycles. The highest BCUT2D eigenvalue weighted by Gasteiger charge is 2.31. The van der Waals surface area contributed by atoms with Crippen molar-refractivity contribution in [1.29, 1.82) is 0 Å². The van der Waals surface area contributed by atoms with Crippen LogP contribution in [0.5, 0.6) is 0 Å². The molecule has 2 N–H and O–H groups in total. The number of hydrogen-bond donors (Lipinski definition) is 2. The maximum absolute atomic E-state index is 12.4. The summed E-state index contributed by atoms with van der Waals surface area (Å²) in [6, 6.07) is 3.11. The van der Waals surface area contributed by atoms with Gasteiger partial charge in [0, 0.05) is 13.1 Å². The van der Waals surface area contributed by atoms with E-state index in [0.29, 0.717) is 5.82 Å². The molecule has 0 bridgehead atoms. The molecule has 1 saturated carbocycles. The van der Waals surface area contributed by atoms with Gasteiger partial charge in [-0.15, -0.1) is 0 Å². The average Bonchev–Trinajstić information content (AvgIpc) is 2.92. The molecule has 1 aliphatic rings. The highest BCUT2D eigenvalue weighted by atomic mass is 79.9. The number of carbonyl (C=O) groups is 2. The molecular weight excluding hydrogens is 322 g/mol. The quantitative estimate of drug-likeness (QED) is 0.885. The molecule has 2 amide bonds. The molecule has 108 valence electrons. The lowest BCUT2D eigenvalue weighted by molar-refractivity contribution is -0.126. The molecule has 6 heteroatoms. The van der Waals surface area contributed by atoms with E-state index in [0.717, 1.165) is 30.2 Å². The van der Waals surface area contributed by atoms with Gasteiger partial charge < -0.3 is 10.6 Å². The second-order valence-corrected chi connectivity index (χ2v) is 5.90. The first kappa shape index (κ1) is 15.0. The van der Waals surface area contributed by atoms with Crippen LogP contribution in [0.2, 0.25) is 0 Å². The van der Waals surface area contributed by atoms with Gasteiger partial charge in [-0.1, -0.05) is 12.8 Å². The molecule has 1 fully saturated rings. The maximum Gasteiger partial charge on any atom is 0.248 e. The molecule has 1 aliphatic carbocycles. The van der Waals surface area contributed by atoms with Crippen LogP contribution < -0.4 is 10.6 Å². The molecular formula is C14H18BrN3O2. The first-order valence-electron chi connectivity index (χ1n) is 6.76. The molecule has 0 aliphatic heterocycles. The minimum absolute atomic E-state index is 0.183. The van der Waals surface area contributed by atoms with E-state index in [2.05, 4.69) is 31.5 Å². The molecule has 0 unspecified atom stereocenters. The SMILES string of the molecule is CC(=O)N[C@@H](C(=O)Nc1ncccc1Br)C1CCCC1. The van der Waals surface area contributed by atoms with E-state index in [-0.39, 0.29) is 17.7 Å². The van der Waals surface area contributed by atoms with Crippen LogP contribution in [-0.4, -0.2) is 22.8 Å². The fourth-order valence-corrected chi connectivity index (χ4v) is 2.93. The Morgan fingerprint density at radius 2 is 2.10 bits per heavy atom. The third-order valence-corrected chi connectivity index (χ3v) is 4.15. The van der Waals surface area contributed by atoms with Crippen LogP contribution in [0.3, 0.4) is 0 Å². The number of carbonyl (C=O) groups excluding carboxylic acids is 2. The van der Waals surface area contributed by atoms with Gasteiger partial charge in [-0.05, 0) is 46.8 Å². The highest BCUT2D eigenvalue weighted by molar-refractivity contribution is 9.10. The smallest absolute Gasteiger partial charge is 0.248 e. The van der Waals surface area contributed by atoms with E-state index < -0.39 is 6.04 Å². The van der Waals surface area contributed by atoms with Gasteiger partial charge in [0.1, 0.15) is 11.9 Å². The average molecular weight is 340 g/mol. The van der Waals surface area contributed by atoms with Gasteiger partial charge in [0.05, 0.1) is 4.47 Å². The third-order valence-electron chi connectivity index (χ3n) is 3.51. The largest absolute Gasteiger partial charge is 0.344 e. The zero-order chi connectivity index (χ0) is 14.5. The number of nitrogens with zero attached hydrogens (tertiary/aromatic N) is 1. The van der Waals surface area contributed by atoms with Crippen LogP contribution in [0.1, 0.15) is 32.6 Å². The Labute approximate surface area is 126 Å². The van der Waals surface area contributed by atoms with E-state index in [4.69, 9.17) is 0 Å². The third kappa shape index (κ3) is 3.79. The van der Waals surface area contributed by atoms with Crippen LogP contribution in [0.15, 0.2) is 22.8 Å². The van der Waals surface area contributed by atoms with Crippen molar-refractivity contribution in [2.45, 2.75) is 38.6 Å². The molecule has 0 spiro atoms. The van der Waals surface area contributed by atoms with Gasteiger partial charge in [0.25, 0.3) is 0 Å². The van der Waals surface area contributed by atoms with Gasteiger partial charge >= 0.3 is 0 Å². The van der Waals surface area contributed by atoms with Crippen LogP contribution >= 0.6 is 15.9 Å². The lowest BCUT2D eigenvalue weighted by Gasteiger charge is -2.23.